The molecule has 0 radical (unpaired) electrons. The van der Waals surface area contributed by atoms with Gasteiger partial charge in [-0.3, -0.25) is 9.36 Å². The van der Waals surface area contributed by atoms with Gasteiger partial charge in [0.05, 0.1) is 6.61 Å². The van der Waals surface area contributed by atoms with Crippen LogP contribution in [0.4, 0.5) is 21.9 Å². The minimum atomic E-state index is -0.521. The third kappa shape index (κ3) is 8.42. The molecule has 4 rings (SSSR count). The Hall–Kier alpha value is -4.37. The van der Waals surface area contributed by atoms with E-state index >= 15 is 0 Å². The number of carbonyl (C=O) groups excluding carboxylic acids is 1. The fourth-order valence-electron chi connectivity index (χ4n) is 5.24. The highest BCUT2D eigenvalue weighted by Gasteiger charge is 2.23. The summed E-state index contributed by atoms with van der Waals surface area (Å²) >= 11 is 0. The third-order valence-corrected chi connectivity index (χ3v) is 7.39. The quantitative estimate of drug-likeness (QED) is 0.0940. The summed E-state index contributed by atoms with van der Waals surface area (Å²) in [6, 6.07) is 14.4. The first-order chi connectivity index (χ1) is 21.7. The number of hydrogen-bond donors (Lipinski definition) is 4. The number of pyridine rings is 2. The van der Waals surface area contributed by atoms with Crippen LogP contribution in [0.2, 0.25) is 0 Å². The number of nitrogens with one attached hydrogen (secondary N) is 2. The van der Waals surface area contributed by atoms with E-state index in [0.29, 0.717) is 53.5 Å². The van der Waals surface area contributed by atoms with Gasteiger partial charge in [-0.1, -0.05) is 67.0 Å². The molecular weight excluding hydrogens is 566 g/mol. The Kier molecular flexibility index (Phi) is 13.0. The number of ether oxygens (including phenoxy) is 1. The zero-order valence-electron chi connectivity index (χ0n) is 27.7. The highest BCUT2D eigenvalue weighted by molar-refractivity contribution is 6.08. The number of anilines is 3. The highest BCUT2D eigenvalue weighted by Crippen LogP contribution is 2.37. The number of nitrogens with two attached hydrogens (primary N) is 1. The standard InChI is InChI=1S/C34H43N5O4.C2H6/c1-6-7-15-39-32-26(13-9-14-36-32)29(23-11-8-12-25(18-23)43-17-10-16-40)31(33(39)41)38-34(42)37-30-27(21(2)3)19-24(35)20-28(30)22(4)5;1-2/h8-9,11-14,18-22,40H,6-7,10,15-17,35H2,1-5H3,(H2,37,38,42);1-2H3. The average molecular weight is 616 g/mol. The molecular formula is C36H49N5O4. The van der Waals surface area contributed by atoms with Crippen LogP contribution in [0.1, 0.15) is 90.7 Å². The predicted molar refractivity (Wildman–Crippen MR) is 187 cm³/mol. The molecule has 0 spiro atoms. The summed E-state index contributed by atoms with van der Waals surface area (Å²) in [6.45, 7) is 15.1. The smallest absolute Gasteiger partial charge is 0.323 e. The molecule has 242 valence electrons. The number of aryl methyl sites for hydroxylation is 1. The number of aromatic nitrogens is 2. The first-order valence-electron chi connectivity index (χ1n) is 16.0. The maximum absolute atomic E-state index is 14.2. The minimum absolute atomic E-state index is 0.0280. The van der Waals surface area contributed by atoms with Crippen LogP contribution in [0.3, 0.4) is 0 Å². The molecule has 2 heterocycles. The summed E-state index contributed by atoms with van der Waals surface area (Å²) in [5, 5.41) is 15.9. The van der Waals surface area contributed by atoms with E-state index in [1.54, 1.807) is 10.8 Å². The number of aliphatic hydroxyl groups is 1. The van der Waals surface area contributed by atoms with Gasteiger partial charge in [0.1, 0.15) is 17.1 Å². The van der Waals surface area contributed by atoms with Gasteiger partial charge in [-0.25, -0.2) is 9.78 Å². The van der Waals surface area contributed by atoms with Crippen LogP contribution >= 0.6 is 0 Å². The number of unbranched alkanes of at least 4 members (excludes halogenated alkanes) is 1. The SMILES string of the molecule is CC.CCCCn1c(=O)c(NC(=O)Nc2c(C(C)C)cc(N)cc2C(C)C)c(-c2cccc(OCCCO)c2)c2cccnc21. The van der Waals surface area contributed by atoms with E-state index in [4.69, 9.17) is 10.5 Å². The van der Waals surface area contributed by atoms with Crippen LogP contribution in [0.15, 0.2) is 59.5 Å². The molecule has 2 aromatic carbocycles. The van der Waals surface area contributed by atoms with E-state index in [1.165, 1.54) is 0 Å². The Morgan fingerprint density at radius 3 is 2.27 bits per heavy atom. The van der Waals surface area contributed by atoms with Crippen LogP contribution in [0.25, 0.3) is 22.2 Å². The van der Waals surface area contributed by atoms with Crippen LogP contribution in [0.5, 0.6) is 5.75 Å². The van der Waals surface area contributed by atoms with Crippen molar-refractivity contribution in [3.8, 4) is 16.9 Å². The fourth-order valence-corrected chi connectivity index (χ4v) is 5.24. The monoisotopic (exact) mass is 615 g/mol. The van der Waals surface area contributed by atoms with Gasteiger partial charge in [-0.2, -0.15) is 0 Å². The minimum Gasteiger partial charge on any atom is -0.493 e. The van der Waals surface area contributed by atoms with Crippen molar-refractivity contribution >= 4 is 34.1 Å². The van der Waals surface area contributed by atoms with Crippen LogP contribution < -0.4 is 26.7 Å². The molecule has 0 aliphatic heterocycles. The second-order valence-electron chi connectivity index (χ2n) is 11.4. The Labute approximate surface area is 266 Å². The van der Waals surface area contributed by atoms with E-state index in [0.717, 1.165) is 29.4 Å². The third-order valence-electron chi connectivity index (χ3n) is 7.39. The zero-order valence-corrected chi connectivity index (χ0v) is 27.7. The Morgan fingerprint density at radius 1 is 0.978 bits per heavy atom. The molecule has 0 fully saturated rings. The Morgan fingerprint density at radius 2 is 1.64 bits per heavy atom. The number of nitrogen functional groups attached to an aromatic ring is 1. The van der Waals surface area contributed by atoms with Gasteiger partial charge in [-0.05, 0) is 71.3 Å². The molecule has 5 N–H and O–H groups in total. The van der Waals surface area contributed by atoms with E-state index in [2.05, 4.69) is 50.2 Å². The normalized spacial score (nSPS) is 11.0. The van der Waals surface area contributed by atoms with E-state index in [1.807, 2.05) is 62.4 Å². The summed E-state index contributed by atoms with van der Waals surface area (Å²) < 4.78 is 7.48. The van der Waals surface area contributed by atoms with Gasteiger partial charge in [0, 0.05) is 48.1 Å². The number of rotatable bonds is 12. The number of nitrogens with zero attached hydrogens (tertiary/aromatic N) is 2. The van der Waals surface area contributed by atoms with Crippen molar-refractivity contribution in [1.29, 1.82) is 0 Å². The zero-order chi connectivity index (χ0) is 33.1. The summed E-state index contributed by atoms with van der Waals surface area (Å²) in [5.41, 5.74) is 11.1. The lowest BCUT2D eigenvalue weighted by molar-refractivity contribution is 0.233. The molecule has 0 saturated carbocycles. The number of carbonyl (C=O) groups is 1. The number of aliphatic hydroxyl groups excluding tert-OH is 1. The molecule has 9 heteroatoms. The first kappa shape index (κ1) is 35.1. The summed E-state index contributed by atoms with van der Waals surface area (Å²) in [5.74, 6) is 0.815. The molecule has 4 aromatic rings. The molecule has 2 aromatic heterocycles. The summed E-state index contributed by atoms with van der Waals surface area (Å²) in [4.78, 5) is 32.5. The van der Waals surface area contributed by atoms with Crippen molar-refractivity contribution in [2.24, 2.45) is 0 Å². The Bertz CT molecular complexity index is 1620. The summed E-state index contributed by atoms with van der Waals surface area (Å²) in [6.07, 6.45) is 3.85. The van der Waals surface area contributed by atoms with Gasteiger partial charge in [0.2, 0.25) is 0 Å². The molecule has 0 bridgehead atoms. The van der Waals surface area contributed by atoms with E-state index in [-0.39, 0.29) is 29.7 Å². The van der Waals surface area contributed by atoms with Crippen LogP contribution in [-0.4, -0.2) is 33.9 Å². The lowest BCUT2D eigenvalue weighted by Crippen LogP contribution is -2.30. The van der Waals surface area contributed by atoms with Crippen molar-refractivity contribution in [3.63, 3.8) is 0 Å². The number of benzene rings is 2. The molecule has 0 saturated heterocycles. The molecule has 0 unspecified atom stereocenters. The van der Waals surface area contributed by atoms with Crippen molar-refractivity contribution in [3.05, 3.63) is 76.2 Å². The van der Waals surface area contributed by atoms with Gasteiger partial charge in [0.15, 0.2) is 0 Å². The van der Waals surface area contributed by atoms with Crippen molar-refractivity contribution in [2.45, 2.75) is 86.1 Å². The molecule has 9 nitrogen and oxygen atoms in total. The maximum Gasteiger partial charge on any atom is 0.323 e. The molecule has 0 aliphatic carbocycles. The summed E-state index contributed by atoms with van der Waals surface area (Å²) in [7, 11) is 0. The maximum atomic E-state index is 14.2. The van der Waals surface area contributed by atoms with Crippen molar-refractivity contribution in [2.75, 3.05) is 29.6 Å². The van der Waals surface area contributed by atoms with Crippen molar-refractivity contribution in [1.82, 2.24) is 9.55 Å². The van der Waals surface area contributed by atoms with Gasteiger partial charge < -0.3 is 26.2 Å². The van der Waals surface area contributed by atoms with E-state index < -0.39 is 6.03 Å². The lowest BCUT2D eigenvalue weighted by Gasteiger charge is -2.22. The van der Waals surface area contributed by atoms with Gasteiger partial charge in [0.25, 0.3) is 5.56 Å². The largest absolute Gasteiger partial charge is 0.493 e. The molecule has 45 heavy (non-hydrogen) atoms. The molecule has 0 aliphatic rings. The molecule has 0 atom stereocenters. The fraction of sp³-hybridized carbons (Fsp3) is 0.417. The van der Waals surface area contributed by atoms with Crippen molar-refractivity contribution < 1.29 is 14.6 Å². The predicted octanol–water partition coefficient (Wildman–Crippen LogP) is 8.12. The number of hydrogen-bond acceptors (Lipinski definition) is 6. The average Bonchev–Trinajstić information content (AvgIpc) is 3.03. The number of fused-ring (bicyclic) bond motifs is 1. The second kappa shape index (κ2) is 16.6. The number of urea groups is 1. The van der Waals surface area contributed by atoms with Gasteiger partial charge >= 0.3 is 6.03 Å². The van der Waals surface area contributed by atoms with Gasteiger partial charge in [-0.15, -0.1) is 0 Å². The second-order valence-corrected chi connectivity index (χ2v) is 11.4. The Balaban J connectivity index is 0.00000271. The molecule has 2 amide bonds. The lowest BCUT2D eigenvalue weighted by atomic mass is 9.92. The van der Waals surface area contributed by atoms with E-state index in [9.17, 15) is 14.7 Å². The van der Waals surface area contributed by atoms with Crippen LogP contribution in [-0.2, 0) is 6.54 Å². The number of amides is 2. The highest BCUT2D eigenvalue weighted by atomic mass is 16.5. The topological polar surface area (TPSA) is 132 Å². The first-order valence-corrected chi connectivity index (χ1v) is 16.0. The van der Waals surface area contributed by atoms with Crippen LogP contribution in [0, 0.1) is 0 Å².